The standard InChI is InChI=1S/C59H82N10O17S2/c1-3-37-32-59(37,57(77)67-88(79,80)41-14-15-41)66-53(74)45-30-39(85-54-42-16-13-38(81-2)29-36(42)19-22-62-54)34-69(45)55(75)43(17-18-51(73)68-33-40-31-46(68)56(76)86-40)63-50(72)12-6-11-49(71)61-21-8-24-83-26-28-84-27-25-82-23-7-20-60-48(70)10-5-4-9-47-52-44(35-87-47)64-58(78)65-52/h3,13,16,19,22,29,37,39-41,43-47,52H,1,4-12,14-15,17-18,20-21,23-28,30-35H2,2H3,(H,60,70)(H,61,71)(H,63,72)(H,66,74)(H,67,77)(H2,64,65,78)/t37-,39?,40-,43-,44-,45-,46-,47-,52-,59?/m0/s1. The monoisotopic (exact) mass is 1270 g/mol. The van der Waals surface area contributed by atoms with Gasteiger partial charge in [0, 0.05) is 93.3 Å². The van der Waals surface area contributed by atoms with Crippen molar-refractivity contribution >= 4 is 85.9 Å². The molecule has 2 aromatic rings. The SMILES string of the molecule is C=C[C@H]1CC1(NC(=O)[C@@H]1CC(Oc2nccc3cc(OC)ccc23)CN1C(=O)[C@H](CCC(=O)N1C[C@@H]2C[C@H]1C(=O)O2)NC(=O)CCCC(=O)NCCCOCCOCCOCCCNC(=O)CCCC[C@@H]1SC[C@@H]2NC(=O)N[C@@H]21)C(=O)NS(=O)(=O)C1CC1. The van der Waals surface area contributed by atoms with E-state index in [4.69, 9.17) is 28.4 Å². The lowest BCUT2D eigenvalue weighted by Gasteiger charge is -2.30. The minimum absolute atomic E-state index is 0.0156. The third-order valence-corrected chi connectivity index (χ3v) is 20.3. The highest BCUT2D eigenvalue weighted by atomic mass is 32.2. The molecule has 6 heterocycles. The Morgan fingerprint density at radius 2 is 1.56 bits per heavy atom. The molecule has 2 bridgehead atoms. The number of ether oxygens (including phenoxy) is 6. The Kier molecular flexibility index (Phi) is 22.8. The van der Waals surface area contributed by atoms with Crippen molar-refractivity contribution in [2.75, 3.05) is 78.7 Å². The van der Waals surface area contributed by atoms with Crippen molar-refractivity contribution in [3.05, 3.63) is 43.1 Å². The van der Waals surface area contributed by atoms with Gasteiger partial charge in [-0.3, -0.25) is 38.3 Å². The number of aromatic nitrogens is 1. The van der Waals surface area contributed by atoms with Gasteiger partial charge in [-0.2, -0.15) is 11.8 Å². The first-order chi connectivity index (χ1) is 42.4. The van der Waals surface area contributed by atoms with E-state index in [9.17, 15) is 46.8 Å². The molecule has 7 aliphatic rings. The van der Waals surface area contributed by atoms with Crippen LogP contribution in [0.25, 0.3) is 10.8 Å². The molecule has 2 aliphatic carbocycles. The van der Waals surface area contributed by atoms with Crippen molar-refractivity contribution in [2.45, 2.75) is 161 Å². The average molecular weight is 1270 g/mol. The van der Waals surface area contributed by atoms with E-state index in [2.05, 4.69) is 48.2 Å². The molecule has 0 radical (unpaired) electrons. The number of likely N-dealkylation sites (tertiary alicyclic amines) is 2. The number of carbonyl (C=O) groups is 9. The number of pyridine rings is 1. The van der Waals surface area contributed by atoms with Crippen LogP contribution in [-0.4, -0.2) is 214 Å². The first-order valence-electron chi connectivity index (χ1n) is 30.6. The summed E-state index contributed by atoms with van der Waals surface area (Å²) in [6, 6.07) is 3.85. The number of hydrogen-bond donors (Lipinski definition) is 7. The lowest BCUT2D eigenvalue weighted by Crippen LogP contribution is -2.58. The summed E-state index contributed by atoms with van der Waals surface area (Å²) in [6.45, 7) is 6.95. The van der Waals surface area contributed by atoms with Crippen LogP contribution in [0.1, 0.15) is 103 Å². The number of methoxy groups -OCH3 is 1. The largest absolute Gasteiger partial charge is 0.497 e. The highest BCUT2D eigenvalue weighted by Gasteiger charge is 2.62. The van der Waals surface area contributed by atoms with Crippen molar-refractivity contribution in [1.29, 1.82) is 0 Å². The van der Waals surface area contributed by atoms with Gasteiger partial charge in [-0.25, -0.2) is 23.0 Å². The van der Waals surface area contributed by atoms with E-state index in [-0.39, 0.29) is 93.8 Å². The molecule has 88 heavy (non-hydrogen) atoms. The summed E-state index contributed by atoms with van der Waals surface area (Å²) >= 11 is 1.88. The van der Waals surface area contributed by atoms with Crippen LogP contribution in [0, 0.1) is 5.92 Å². The Hall–Kier alpha value is -6.82. The summed E-state index contributed by atoms with van der Waals surface area (Å²) in [5.41, 5.74) is -1.68. The van der Waals surface area contributed by atoms with Crippen LogP contribution in [-0.2, 0) is 67.3 Å². The van der Waals surface area contributed by atoms with Gasteiger partial charge in [0.25, 0.3) is 5.91 Å². The number of esters is 1. The second-order valence-electron chi connectivity index (χ2n) is 23.3. The van der Waals surface area contributed by atoms with Gasteiger partial charge in [-0.1, -0.05) is 12.5 Å². The Labute approximate surface area is 515 Å². The summed E-state index contributed by atoms with van der Waals surface area (Å²) in [5, 5.41) is 18.2. The smallest absolute Gasteiger partial charge is 0.329 e. The molecular formula is C59H82N10O17S2. The van der Waals surface area contributed by atoms with Crippen LogP contribution in [0.4, 0.5) is 4.79 Å². The van der Waals surface area contributed by atoms with Gasteiger partial charge in [-0.15, -0.1) is 6.58 Å². The minimum Gasteiger partial charge on any atom is -0.497 e. The van der Waals surface area contributed by atoms with E-state index < -0.39 is 92.6 Å². The van der Waals surface area contributed by atoms with Gasteiger partial charge in [0.1, 0.15) is 41.6 Å². The van der Waals surface area contributed by atoms with Crippen molar-refractivity contribution in [3.8, 4) is 11.6 Å². The van der Waals surface area contributed by atoms with E-state index in [1.807, 2.05) is 11.8 Å². The van der Waals surface area contributed by atoms with Gasteiger partial charge in [0.15, 0.2) is 0 Å². The molecule has 9 rings (SSSR count). The molecule has 9 amide bonds. The van der Waals surface area contributed by atoms with Gasteiger partial charge in [0.2, 0.25) is 51.3 Å². The van der Waals surface area contributed by atoms with Crippen molar-refractivity contribution in [3.63, 3.8) is 0 Å². The Balaban J connectivity index is 0.702. The Morgan fingerprint density at radius 1 is 0.852 bits per heavy atom. The summed E-state index contributed by atoms with van der Waals surface area (Å²) < 4.78 is 61.9. The lowest BCUT2D eigenvalue weighted by molar-refractivity contribution is -0.157. The zero-order chi connectivity index (χ0) is 62.4. The third-order valence-electron chi connectivity index (χ3n) is 16.9. The van der Waals surface area contributed by atoms with Crippen LogP contribution in [0.15, 0.2) is 43.1 Å². The fourth-order valence-corrected chi connectivity index (χ4v) is 14.8. The molecule has 5 saturated heterocycles. The van der Waals surface area contributed by atoms with Crippen LogP contribution in [0.3, 0.4) is 0 Å². The van der Waals surface area contributed by atoms with Crippen LogP contribution in [0.2, 0.25) is 0 Å². The number of carbonyl (C=O) groups excluding carboxylic acids is 9. The molecule has 10 atom stereocenters. The second-order valence-corrected chi connectivity index (χ2v) is 26.6. The predicted molar refractivity (Wildman–Crippen MR) is 319 cm³/mol. The first kappa shape index (κ1) is 65.6. The number of hydrogen-bond acceptors (Lipinski definition) is 19. The van der Waals surface area contributed by atoms with Crippen LogP contribution < -0.4 is 46.1 Å². The molecule has 27 nitrogen and oxygen atoms in total. The zero-order valence-corrected chi connectivity index (χ0v) is 51.3. The van der Waals surface area contributed by atoms with E-state index in [1.54, 1.807) is 24.3 Å². The van der Waals surface area contributed by atoms with E-state index in [0.717, 1.165) is 30.4 Å². The molecule has 7 fully saturated rings. The summed E-state index contributed by atoms with van der Waals surface area (Å²) in [6.07, 6.45) is 6.53. The number of nitrogens with one attached hydrogen (secondary N) is 7. The van der Waals surface area contributed by atoms with Gasteiger partial charge < -0.3 is 70.1 Å². The molecule has 2 saturated carbocycles. The van der Waals surface area contributed by atoms with Crippen molar-refractivity contribution in [2.24, 2.45) is 5.92 Å². The quantitative estimate of drug-likeness (QED) is 0.0215. The minimum atomic E-state index is -4.01. The Morgan fingerprint density at radius 3 is 2.23 bits per heavy atom. The molecule has 7 N–H and O–H groups in total. The topological polar surface area (TPSA) is 347 Å². The number of morpholine rings is 1. The maximum Gasteiger partial charge on any atom is 0.329 e. The van der Waals surface area contributed by atoms with E-state index in [1.165, 1.54) is 29.2 Å². The molecule has 2 unspecified atom stereocenters. The van der Waals surface area contributed by atoms with Crippen molar-refractivity contribution in [1.82, 2.24) is 51.4 Å². The van der Waals surface area contributed by atoms with Gasteiger partial charge in [-0.05, 0) is 87.4 Å². The normalized spacial score (nSPS) is 25.2. The fraction of sp³-hybridized carbons (Fsp3) is 0.661. The number of urea groups is 1. The highest BCUT2D eigenvalue weighted by molar-refractivity contribution is 8.00. The van der Waals surface area contributed by atoms with E-state index in [0.29, 0.717) is 108 Å². The fourth-order valence-electron chi connectivity index (χ4n) is 11.9. The molecule has 1 aromatic heterocycles. The maximum atomic E-state index is 15.0. The molecule has 29 heteroatoms. The number of unbranched alkanes of at least 4 members (excludes halogenated alkanes) is 1. The average Bonchev–Trinajstić information content (AvgIpc) is 1.68. The number of benzene rings is 1. The number of sulfonamides is 1. The first-order valence-corrected chi connectivity index (χ1v) is 33.2. The number of fused-ring (bicyclic) bond motifs is 4. The second kappa shape index (κ2) is 30.6. The van der Waals surface area contributed by atoms with Crippen LogP contribution in [0.5, 0.6) is 11.6 Å². The predicted octanol–water partition coefficient (Wildman–Crippen LogP) is 1.01. The number of rotatable bonds is 37. The van der Waals surface area contributed by atoms with Crippen LogP contribution >= 0.6 is 11.8 Å². The molecular weight excluding hydrogens is 1180 g/mol. The molecule has 482 valence electrons. The highest BCUT2D eigenvalue weighted by Crippen LogP contribution is 2.46. The Bertz CT molecular complexity index is 3010. The molecule has 1 aromatic carbocycles. The van der Waals surface area contributed by atoms with E-state index >= 15 is 4.79 Å². The summed E-state index contributed by atoms with van der Waals surface area (Å²) in [7, 11) is -2.48. The van der Waals surface area contributed by atoms with Gasteiger partial charge >= 0.3 is 12.0 Å². The molecule has 5 aliphatic heterocycles. The van der Waals surface area contributed by atoms with Gasteiger partial charge in [0.05, 0.1) is 64.0 Å². The maximum absolute atomic E-state index is 15.0. The number of nitrogens with zero attached hydrogens (tertiary/aromatic N) is 3. The number of thioether (sulfide) groups is 1. The lowest BCUT2D eigenvalue weighted by atomic mass is 10.0. The third kappa shape index (κ3) is 17.3. The number of amides is 9. The summed E-state index contributed by atoms with van der Waals surface area (Å²) in [5.74, 6) is -3.23. The summed E-state index contributed by atoms with van der Waals surface area (Å²) in [4.78, 5) is 127. The van der Waals surface area contributed by atoms with Crippen molar-refractivity contribution < 1.29 is 80.0 Å². The zero-order valence-electron chi connectivity index (χ0n) is 49.6. The molecule has 0 spiro atoms.